The summed E-state index contributed by atoms with van der Waals surface area (Å²) in [6.07, 6.45) is -0.467. The van der Waals surface area contributed by atoms with Crippen LogP contribution in [0.25, 0.3) is 0 Å². The van der Waals surface area contributed by atoms with Gasteiger partial charge in [0.2, 0.25) is 0 Å². The lowest BCUT2D eigenvalue weighted by Crippen LogP contribution is -2.29. The maximum atomic E-state index is 12.1. The third-order valence-electron chi connectivity index (χ3n) is 3.78. The Morgan fingerprint density at radius 1 is 1.18 bits per heavy atom. The minimum absolute atomic E-state index is 0.0332. The average molecular weight is 468 g/mol. The predicted molar refractivity (Wildman–Crippen MR) is 111 cm³/mol. The SMILES string of the molecule is COCCOCCNC(=O)OOc1cc(NC(=O)COc2cc(OC)cc(O)c2C=O)[nH]n1. The number of phenolic OH excluding ortho intramolecular Hbond substituents is 1. The van der Waals surface area contributed by atoms with Crippen molar-refractivity contribution in [2.75, 3.05) is 52.5 Å². The van der Waals surface area contributed by atoms with E-state index in [0.717, 1.165) is 0 Å². The summed E-state index contributed by atoms with van der Waals surface area (Å²) in [6, 6.07) is 3.85. The molecule has 0 radical (unpaired) electrons. The molecule has 2 rings (SSSR count). The quantitative estimate of drug-likeness (QED) is 0.132. The fourth-order valence-electron chi connectivity index (χ4n) is 2.26. The van der Waals surface area contributed by atoms with Crippen LogP contribution in [0.2, 0.25) is 0 Å². The maximum absolute atomic E-state index is 12.1. The van der Waals surface area contributed by atoms with Crippen LogP contribution in [-0.4, -0.2) is 80.8 Å². The molecule has 2 aromatic rings. The number of aromatic nitrogens is 2. The minimum atomic E-state index is -0.861. The summed E-state index contributed by atoms with van der Waals surface area (Å²) >= 11 is 0. The number of aromatic amines is 1. The van der Waals surface area contributed by atoms with Gasteiger partial charge in [-0.25, -0.2) is 9.68 Å². The average Bonchev–Trinajstić information content (AvgIpc) is 3.25. The van der Waals surface area contributed by atoms with Gasteiger partial charge in [-0.15, -0.1) is 5.10 Å². The molecule has 4 N–H and O–H groups in total. The molecule has 0 bridgehead atoms. The van der Waals surface area contributed by atoms with Gasteiger partial charge < -0.3 is 34.7 Å². The van der Waals surface area contributed by atoms with Crippen molar-refractivity contribution in [1.29, 1.82) is 0 Å². The normalized spacial score (nSPS) is 10.2. The monoisotopic (exact) mass is 468 g/mol. The summed E-state index contributed by atoms with van der Waals surface area (Å²) < 4.78 is 20.3. The molecule has 0 aliphatic carbocycles. The number of hydrogen-bond donors (Lipinski definition) is 4. The number of anilines is 1. The summed E-state index contributed by atoms with van der Waals surface area (Å²) in [5.41, 5.74) is -0.127. The van der Waals surface area contributed by atoms with Gasteiger partial charge in [-0.3, -0.25) is 19.6 Å². The number of hydrogen-bond acceptors (Lipinski definition) is 11. The summed E-state index contributed by atoms with van der Waals surface area (Å²) in [4.78, 5) is 44.0. The number of rotatable bonds is 14. The first-order valence-corrected chi connectivity index (χ1v) is 9.50. The molecule has 1 aromatic carbocycles. The molecule has 0 unspecified atom stereocenters. The van der Waals surface area contributed by atoms with E-state index in [9.17, 15) is 19.5 Å². The highest BCUT2D eigenvalue weighted by Crippen LogP contribution is 2.32. The van der Waals surface area contributed by atoms with Gasteiger partial charge >= 0.3 is 6.09 Å². The smallest absolute Gasteiger partial charge is 0.450 e. The molecule has 0 atom stereocenters. The summed E-state index contributed by atoms with van der Waals surface area (Å²) in [7, 11) is 2.92. The Labute approximate surface area is 188 Å². The van der Waals surface area contributed by atoms with Crippen molar-refractivity contribution in [3.05, 3.63) is 23.8 Å². The Morgan fingerprint density at radius 3 is 2.73 bits per heavy atom. The number of aromatic hydroxyl groups is 1. The third kappa shape index (κ3) is 8.54. The first kappa shape index (κ1) is 25.2. The molecule has 1 heterocycles. The van der Waals surface area contributed by atoms with Crippen LogP contribution in [0.15, 0.2) is 18.2 Å². The summed E-state index contributed by atoms with van der Waals surface area (Å²) in [5, 5.41) is 20.8. The van der Waals surface area contributed by atoms with E-state index in [1.807, 2.05) is 0 Å². The lowest BCUT2D eigenvalue weighted by molar-refractivity contribution is -0.146. The predicted octanol–water partition coefficient (Wildman–Crippen LogP) is 0.637. The maximum Gasteiger partial charge on any atom is 0.450 e. The van der Waals surface area contributed by atoms with Crippen LogP contribution in [0.3, 0.4) is 0 Å². The van der Waals surface area contributed by atoms with Crippen LogP contribution >= 0.6 is 0 Å². The number of nitrogens with one attached hydrogen (secondary N) is 3. The number of amides is 2. The van der Waals surface area contributed by atoms with Crippen molar-refractivity contribution < 1.29 is 48.2 Å². The molecule has 0 saturated heterocycles. The zero-order chi connectivity index (χ0) is 24.1. The number of methoxy groups -OCH3 is 2. The molecular formula is C19H24N4O10. The molecule has 0 spiro atoms. The van der Waals surface area contributed by atoms with E-state index in [2.05, 4.69) is 25.7 Å². The highest BCUT2D eigenvalue weighted by atomic mass is 17.2. The van der Waals surface area contributed by atoms with Crippen LogP contribution in [0.5, 0.6) is 23.1 Å². The van der Waals surface area contributed by atoms with E-state index in [4.69, 9.17) is 23.8 Å². The van der Waals surface area contributed by atoms with Crippen molar-refractivity contribution in [2.45, 2.75) is 0 Å². The van der Waals surface area contributed by atoms with Crippen LogP contribution in [0.4, 0.5) is 10.6 Å². The number of nitrogens with zero attached hydrogens (tertiary/aromatic N) is 1. The molecule has 0 aliphatic rings. The largest absolute Gasteiger partial charge is 0.507 e. The molecule has 180 valence electrons. The third-order valence-corrected chi connectivity index (χ3v) is 3.78. The molecule has 0 aliphatic heterocycles. The number of phenols is 1. The van der Waals surface area contributed by atoms with Gasteiger partial charge in [-0.1, -0.05) is 0 Å². The van der Waals surface area contributed by atoms with Gasteiger partial charge in [0.25, 0.3) is 11.8 Å². The van der Waals surface area contributed by atoms with E-state index in [-0.39, 0.29) is 47.7 Å². The molecule has 0 saturated carbocycles. The van der Waals surface area contributed by atoms with E-state index in [1.165, 1.54) is 25.3 Å². The van der Waals surface area contributed by atoms with Crippen LogP contribution in [0.1, 0.15) is 10.4 Å². The van der Waals surface area contributed by atoms with Crippen molar-refractivity contribution >= 4 is 24.1 Å². The number of carbonyl (C=O) groups is 3. The number of ether oxygens (including phenoxy) is 4. The highest BCUT2D eigenvalue weighted by Gasteiger charge is 2.14. The standard InChI is InChI=1S/C19H24N4O10/c1-28-5-6-30-4-3-20-19(27)33-32-18-9-16(22-23-18)21-17(26)11-31-15-8-12(29-2)7-14(25)13(15)10-24/h7-10,25H,3-6,11H2,1-2H3,(H,20,27)(H2,21,22,23,26). The van der Waals surface area contributed by atoms with Gasteiger partial charge in [-0.05, 0) is 0 Å². The Kier molecular flexibility index (Phi) is 10.2. The molecule has 14 nitrogen and oxygen atoms in total. The van der Waals surface area contributed by atoms with E-state index >= 15 is 0 Å². The van der Waals surface area contributed by atoms with Crippen molar-refractivity contribution in [2.24, 2.45) is 0 Å². The van der Waals surface area contributed by atoms with Crippen LogP contribution in [0, 0.1) is 0 Å². The Balaban J connectivity index is 1.74. The lowest BCUT2D eigenvalue weighted by atomic mass is 10.2. The van der Waals surface area contributed by atoms with Crippen LogP contribution in [-0.2, 0) is 19.2 Å². The second-order valence-electron chi connectivity index (χ2n) is 6.12. The molecule has 0 fully saturated rings. The Hall–Kier alpha value is -4.04. The van der Waals surface area contributed by atoms with Crippen molar-refractivity contribution in [3.63, 3.8) is 0 Å². The molecule has 1 aromatic heterocycles. The molecular weight excluding hydrogens is 444 g/mol. The molecule has 14 heteroatoms. The van der Waals surface area contributed by atoms with Gasteiger partial charge in [-0.2, -0.15) is 0 Å². The topological polar surface area (TPSA) is 180 Å². The Bertz CT molecular complexity index is 933. The first-order chi connectivity index (χ1) is 16.0. The second kappa shape index (κ2) is 13.4. The number of benzene rings is 1. The number of carbonyl (C=O) groups excluding carboxylic acids is 3. The van der Waals surface area contributed by atoms with Gasteiger partial charge in [0.1, 0.15) is 23.1 Å². The second-order valence-corrected chi connectivity index (χ2v) is 6.12. The van der Waals surface area contributed by atoms with E-state index in [1.54, 1.807) is 7.11 Å². The number of H-pyrrole nitrogens is 1. The highest BCUT2D eigenvalue weighted by molar-refractivity contribution is 5.91. The van der Waals surface area contributed by atoms with Crippen molar-refractivity contribution in [3.8, 4) is 23.1 Å². The van der Waals surface area contributed by atoms with E-state index < -0.39 is 18.6 Å². The zero-order valence-electron chi connectivity index (χ0n) is 17.9. The summed E-state index contributed by atoms with van der Waals surface area (Å²) in [6.45, 7) is 0.820. The first-order valence-electron chi connectivity index (χ1n) is 9.50. The Morgan fingerprint density at radius 2 is 2.00 bits per heavy atom. The van der Waals surface area contributed by atoms with Gasteiger partial charge in [0.15, 0.2) is 12.9 Å². The van der Waals surface area contributed by atoms with Crippen LogP contribution < -0.4 is 25.0 Å². The molecule has 2 amide bonds. The number of aldehydes is 1. The van der Waals surface area contributed by atoms with Crippen molar-refractivity contribution in [1.82, 2.24) is 15.5 Å². The minimum Gasteiger partial charge on any atom is -0.507 e. The van der Waals surface area contributed by atoms with Gasteiger partial charge in [0, 0.05) is 31.9 Å². The fourth-order valence-corrected chi connectivity index (χ4v) is 2.26. The zero-order valence-corrected chi connectivity index (χ0v) is 17.9. The fraction of sp³-hybridized carbons (Fsp3) is 0.368. The lowest BCUT2D eigenvalue weighted by Gasteiger charge is -2.11. The molecule has 33 heavy (non-hydrogen) atoms. The van der Waals surface area contributed by atoms with Gasteiger partial charge in [0.05, 0.1) is 32.5 Å². The summed E-state index contributed by atoms with van der Waals surface area (Å²) in [5.74, 6) is -0.758. The van der Waals surface area contributed by atoms with E-state index in [0.29, 0.717) is 19.5 Å².